The van der Waals surface area contributed by atoms with Gasteiger partial charge in [-0.25, -0.2) is 4.79 Å². The van der Waals surface area contributed by atoms with Gasteiger partial charge in [-0.05, 0) is 48.7 Å². The summed E-state index contributed by atoms with van der Waals surface area (Å²) in [6, 6.07) is 20.2. The zero-order valence-corrected chi connectivity index (χ0v) is 16.3. The van der Waals surface area contributed by atoms with Gasteiger partial charge in [0, 0.05) is 25.0 Å². The minimum absolute atomic E-state index is 0.0121. The first-order valence-corrected chi connectivity index (χ1v) is 9.57. The average molecular weight is 375 g/mol. The van der Waals surface area contributed by atoms with E-state index in [-0.39, 0.29) is 12.1 Å². The molecule has 1 aromatic heterocycles. The molecule has 0 saturated heterocycles. The molecular weight excluding hydrogens is 350 g/mol. The maximum absolute atomic E-state index is 13.2. The Labute approximate surface area is 165 Å². The predicted molar refractivity (Wildman–Crippen MR) is 111 cm³/mol. The van der Waals surface area contributed by atoms with E-state index in [0.29, 0.717) is 18.0 Å². The van der Waals surface area contributed by atoms with Gasteiger partial charge in [0.2, 0.25) is 0 Å². The van der Waals surface area contributed by atoms with Crippen LogP contribution in [-0.2, 0) is 13.0 Å². The summed E-state index contributed by atoms with van der Waals surface area (Å²) in [6.45, 7) is 3.46. The number of nitrogens with one attached hydrogen (secondary N) is 1. The van der Waals surface area contributed by atoms with Crippen LogP contribution in [0.5, 0.6) is 5.75 Å². The van der Waals surface area contributed by atoms with Gasteiger partial charge in [0.15, 0.2) is 0 Å². The number of anilines is 1. The highest BCUT2D eigenvalue weighted by molar-refractivity contribution is 5.91. The Hall–Kier alpha value is -3.21. The van der Waals surface area contributed by atoms with Gasteiger partial charge in [-0.2, -0.15) is 0 Å². The molecule has 0 bridgehead atoms. The van der Waals surface area contributed by atoms with E-state index in [1.54, 1.807) is 7.11 Å². The molecule has 0 spiro atoms. The van der Waals surface area contributed by atoms with Crippen molar-refractivity contribution in [3.63, 3.8) is 0 Å². The first-order valence-electron chi connectivity index (χ1n) is 9.57. The second kappa shape index (κ2) is 7.80. The van der Waals surface area contributed by atoms with Crippen LogP contribution >= 0.6 is 0 Å². The number of benzene rings is 2. The normalized spacial score (nSPS) is 15.8. The Kier molecular flexibility index (Phi) is 5.06. The van der Waals surface area contributed by atoms with E-state index in [0.717, 1.165) is 18.5 Å². The zero-order valence-electron chi connectivity index (χ0n) is 16.3. The van der Waals surface area contributed by atoms with Crippen LogP contribution in [0.25, 0.3) is 0 Å². The fourth-order valence-electron chi connectivity index (χ4n) is 3.87. The number of carbonyl (C=O) groups is 1. The lowest BCUT2D eigenvalue weighted by Gasteiger charge is -2.37. The number of aryl methyl sites for hydroxylation is 1. The maximum Gasteiger partial charge on any atom is 0.322 e. The Morgan fingerprint density at radius 2 is 1.93 bits per heavy atom. The van der Waals surface area contributed by atoms with E-state index in [1.165, 1.54) is 11.3 Å². The first-order chi connectivity index (χ1) is 13.7. The second-order valence-corrected chi connectivity index (χ2v) is 7.16. The number of methoxy groups -OCH3 is 1. The number of urea groups is 1. The van der Waals surface area contributed by atoms with Crippen molar-refractivity contribution in [3.8, 4) is 5.75 Å². The summed E-state index contributed by atoms with van der Waals surface area (Å²) in [5.74, 6) is 0.666. The molecule has 2 amide bonds. The van der Waals surface area contributed by atoms with E-state index in [1.807, 2.05) is 48.2 Å². The predicted octanol–water partition coefficient (Wildman–Crippen LogP) is 4.64. The van der Waals surface area contributed by atoms with Crippen molar-refractivity contribution in [2.75, 3.05) is 19.0 Å². The van der Waals surface area contributed by atoms with Gasteiger partial charge in [-0.3, -0.25) is 0 Å². The van der Waals surface area contributed by atoms with Gasteiger partial charge < -0.3 is 19.5 Å². The molecule has 0 aliphatic carbocycles. The molecule has 144 valence electrons. The van der Waals surface area contributed by atoms with E-state index < -0.39 is 0 Å². The van der Waals surface area contributed by atoms with Crippen LogP contribution in [0.4, 0.5) is 10.5 Å². The maximum atomic E-state index is 13.2. The molecule has 1 aliphatic rings. The molecule has 0 saturated carbocycles. The van der Waals surface area contributed by atoms with Gasteiger partial charge in [0.05, 0.1) is 18.8 Å². The Balaban J connectivity index is 1.61. The van der Waals surface area contributed by atoms with Crippen molar-refractivity contribution < 1.29 is 9.53 Å². The van der Waals surface area contributed by atoms with Crippen molar-refractivity contribution in [2.24, 2.45) is 0 Å². The molecule has 1 unspecified atom stereocenters. The van der Waals surface area contributed by atoms with Crippen LogP contribution in [0.2, 0.25) is 0 Å². The first kappa shape index (κ1) is 18.2. The number of rotatable bonds is 4. The Morgan fingerprint density at radius 3 is 2.71 bits per heavy atom. The largest absolute Gasteiger partial charge is 0.495 e. The van der Waals surface area contributed by atoms with Crippen LogP contribution < -0.4 is 10.1 Å². The highest BCUT2D eigenvalue weighted by Gasteiger charge is 2.31. The van der Waals surface area contributed by atoms with Gasteiger partial charge in [0.25, 0.3) is 0 Å². The number of ether oxygens (including phenoxy) is 1. The summed E-state index contributed by atoms with van der Waals surface area (Å²) in [6.07, 6.45) is 2.87. The van der Waals surface area contributed by atoms with Crippen LogP contribution in [0.1, 0.15) is 22.9 Å². The highest BCUT2D eigenvalue weighted by atomic mass is 16.5. The molecule has 5 heteroatoms. The lowest BCUT2D eigenvalue weighted by Crippen LogP contribution is -2.44. The molecular formula is C23H25N3O2. The summed E-state index contributed by atoms with van der Waals surface area (Å²) in [5, 5.41) is 3.06. The quantitative estimate of drug-likeness (QED) is 0.722. The van der Waals surface area contributed by atoms with Crippen molar-refractivity contribution in [1.82, 2.24) is 9.47 Å². The molecule has 0 fully saturated rings. The molecule has 28 heavy (non-hydrogen) atoms. The molecule has 1 N–H and O–H groups in total. The third kappa shape index (κ3) is 3.60. The number of fused-ring (bicyclic) bond motifs is 1. The van der Waals surface area contributed by atoms with Crippen molar-refractivity contribution in [3.05, 3.63) is 83.7 Å². The standard InChI is InChI=1S/C23H25N3O2/c1-17-10-11-22(28-2)19(15-17)24-23(27)26-14-13-25-12-6-9-20(25)21(26)16-18-7-4-3-5-8-18/h3-12,15,21H,13-14,16H2,1-2H3,(H,24,27). The van der Waals surface area contributed by atoms with Crippen molar-refractivity contribution >= 4 is 11.7 Å². The fraction of sp³-hybridized carbons (Fsp3) is 0.261. The van der Waals surface area contributed by atoms with Gasteiger partial charge >= 0.3 is 6.03 Å². The smallest absolute Gasteiger partial charge is 0.322 e. The number of aromatic nitrogens is 1. The summed E-state index contributed by atoms with van der Waals surface area (Å²) in [4.78, 5) is 15.2. The van der Waals surface area contributed by atoms with E-state index >= 15 is 0 Å². The average Bonchev–Trinajstić information content (AvgIpc) is 3.18. The fourth-order valence-corrected chi connectivity index (χ4v) is 3.87. The van der Waals surface area contributed by atoms with Gasteiger partial charge in [-0.15, -0.1) is 0 Å². The van der Waals surface area contributed by atoms with Crippen molar-refractivity contribution in [2.45, 2.75) is 25.9 Å². The third-order valence-corrected chi connectivity index (χ3v) is 5.29. The lowest BCUT2D eigenvalue weighted by atomic mass is 10.0. The summed E-state index contributed by atoms with van der Waals surface area (Å²) >= 11 is 0. The van der Waals surface area contributed by atoms with Crippen molar-refractivity contribution in [1.29, 1.82) is 0 Å². The Morgan fingerprint density at radius 1 is 1.11 bits per heavy atom. The van der Waals surface area contributed by atoms with Crippen LogP contribution in [0, 0.1) is 6.92 Å². The molecule has 1 atom stereocenters. The van der Waals surface area contributed by atoms with Crippen LogP contribution in [0.15, 0.2) is 66.9 Å². The molecule has 4 rings (SSSR count). The van der Waals surface area contributed by atoms with Gasteiger partial charge in [0.1, 0.15) is 5.75 Å². The molecule has 5 nitrogen and oxygen atoms in total. The van der Waals surface area contributed by atoms with Crippen LogP contribution in [0.3, 0.4) is 0 Å². The second-order valence-electron chi connectivity index (χ2n) is 7.16. The number of carbonyl (C=O) groups excluding carboxylic acids is 1. The van der Waals surface area contributed by atoms with E-state index in [2.05, 4.69) is 40.3 Å². The molecule has 3 aromatic rings. The summed E-state index contributed by atoms with van der Waals surface area (Å²) in [7, 11) is 1.62. The van der Waals surface area contributed by atoms with Gasteiger partial charge in [-0.1, -0.05) is 36.4 Å². The van der Waals surface area contributed by atoms with Crippen LogP contribution in [-0.4, -0.2) is 29.2 Å². The number of nitrogens with zero attached hydrogens (tertiary/aromatic N) is 2. The van der Waals surface area contributed by atoms with E-state index in [4.69, 9.17) is 4.74 Å². The highest BCUT2D eigenvalue weighted by Crippen LogP contribution is 2.31. The minimum atomic E-state index is -0.0997. The monoisotopic (exact) mass is 375 g/mol. The number of hydrogen-bond donors (Lipinski definition) is 1. The van der Waals surface area contributed by atoms with E-state index in [9.17, 15) is 4.79 Å². The Bertz CT molecular complexity index is 965. The lowest BCUT2D eigenvalue weighted by molar-refractivity contribution is 0.167. The molecule has 0 radical (unpaired) electrons. The third-order valence-electron chi connectivity index (χ3n) is 5.29. The molecule has 2 heterocycles. The molecule has 1 aliphatic heterocycles. The molecule has 2 aromatic carbocycles. The summed E-state index contributed by atoms with van der Waals surface area (Å²) in [5.41, 5.74) is 4.16. The number of amides is 2. The summed E-state index contributed by atoms with van der Waals surface area (Å²) < 4.78 is 7.66. The number of hydrogen-bond acceptors (Lipinski definition) is 2. The SMILES string of the molecule is COc1ccc(C)cc1NC(=O)N1CCn2cccc2C1Cc1ccccc1. The topological polar surface area (TPSA) is 46.5 Å². The zero-order chi connectivity index (χ0) is 19.5. The minimum Gasteiger partial charge on any atom is -0.495 e.